The first kappa shape index (κ1) is 12.5. The van der Waals surface area contributed by atoms with E-state index in [-0.39, 0.29) is 11.5 Å². The quantitative estimate of drug-likeness (QED) is 0.784. The molecule has 17 heavy (non-hydrogen) atoms. The van der Waals surface area contributed by atoms with E-state index in [9.17, 15) is 8.42 Å². The van der Waals surface area contributed by atoms with E-state index < -0.39 is 10.0 Å². The van der Waals surface area contributed by atoms with E-state index in [1.165, 1.54) is 4.31 Å². The van der Waals surface area contributed by atoms with Gasteiger partial charge in [0.25, 0.3) is 0 Å². The lowest BCUT2D eigenvalue weighted by Crippen LogP contribution is -2.46. The fourth-order valence-corrected chi connectivity index (χ4v) is 3.24. The average molecular weight is 256 g/mol. The van der Waals surface area contributed by atoms with E-state index in [4.69, 9.17) is 5.11 Å². The first-order valence-corrected chi connectivity index (χ1v) is 6.99. The largest absolute Gasteiger partial charge is 0.392 e. The highest BCUT2D eigenvalue weighted by Gasteiger charge is 2.25. The molecule has 5 nitrogen and oxygen atoms in total. The average Bonchev–Trinajstić information content (AvgIpc) is 2.40. The van der Waals surface area contributed by atoms with Crippen molar-refractivity contribution in [2.45, 2.75) is 11.5 Å². The molecule has 1 saturated heterocycles. The minimum atomic E-state index is -3.38. The van der Waals surface area contributed by atoms with Crippen LogP contribution in [0.15, 0.2) is 29.2 Å². The standard InChI is InChI=1S/C11H16N2O3S/c14-9-10-1-3-11(4-2-10)17(15,16)13-7-5-12-6-8-13/h1-4,12,14H,5-9H2. The summed E-state index contributed by atoms with van der Waals surface area (Å²) in [5.74, 6) is 0. The minimum Gasteiger partial charge on any atom is -0.392 e. The summed E-state index contributed by atoms with van der Waals surface area (Å²) in [6.45, 7) is 2.31. The zero-order valence-corrected chi connectivity index (χ0v) is 10.3. The number of nitrogens with zero attached hydrogens (tertiary/aromatic N) is 1. The van der Waals surface area contributed by atoms with Gasteiger partial charge in [0.05, 0.1) is 11.5 Å². The molecule has 1 heterocycles. The van der Waals surface area contributed by atoms with Gasteiger partial charge in [0.15, 0.2) is 0 Å². The number of benzene rings is 1. The highest BCUT2D eigenvalue weighted by atomic mass is 32.2. The second-order valence-electron chi connectivity index (χ2n) is 3.96. The van der Waals surface area contributed by atoms with Crippen molar-refractivity contribution in [3.05, 3.63) is 29.8 Å². The van der Waals surface area contributed by atoms with E-state index >= 15 is 0 Å². The molecule has 94 valence electrons. The number of rotatable bonds is 3. The summed E-state index contributed by atoms with van der Waals surface area (Å²) in [5, 5.41) is 12.0. The highest BCUT2D eigenvalue weighted by Crippen LogP contribution is 2.16. The van der Waals surface area contributed by atoms with Crippen LogP contribution in [-0.4, -0.2) is 44.0 Å². The van der Waals surface area contributed by atoms with Crippen LogP contribution in [0.5, 0.6) is 0 Å². The van der Waals surface area contributed by atoms with Crippen LogP contribution in [0, 0.1) is 0 Å². The molecule has 2 N–H and O–H groups in total. The minimum absolute atomic E-state index is 0.0754. The smallest absolute Gasteiger partial charge is 0.243 e. The molecule has 1 aliphatic rings. The zero-order valence-electron chi connectivity index (χ0n) is 9.46. The van der Waals surface area contributed by atoms with Crippen molar-refractivity contribution in [1.29, 1.82) is 0 Å². The second-order valence-corrected chi connectivity index (χ2v) is 5.89. The summed E-state index contributed by atoms with van der Waals surface area (Å²) in [5.41, 5.74) is 0.712. The van der Waals surface area contributed by atoms with Crippen LogP contribution in [0.25, 0.3) is 0 Å². The molecule has 6 heteroatoms. The van der Waals surface area contributed by atoms with E-state index in [1.807, 2.05) is 0 Å². The van der Waals surface area contributed by atoms with Crippen molar-refractivity contribution in [3.63, 3.8) is 0 Å². The van der Waals surface area contributed by atoms with Crippen LogP contribution in [0.3, 0.4) is 0 Å². The van der Waals surface area contributed by atoms with Gasteiger partial charge in [0.1, 0.15) is 0 Å². The van der Waals surface area contributed by atoms with E-state index in [1.54, 1.807) is 24.3 Å². The third kappa shape index (κ3) is 2.66. The predicted octanol–water partition coefficient (Wildman–Crippen LogP) is -0.227. The third-order valence-electron chi connectivity index (χ3n) is 2.82. The monoisotopic (exact) mass is 256 g/mol. The van der Waals surface area contributed by atoms with Crippen molar-refractivity contribution < 1.29 is 13.5 Å². The summed E-state index contributed by atoms with van der Waals surface area (Å²) in [6, 6.07) is 6.36. The number of sulfonamides is 1. The molecular formula is C11H16N2O3S. The third-order valence-corrected chi connectivity index (χ3v) is 4.73. The van der Waals surface area contributed by atoms with E-state index in [0.29, 0.717) is 31.7 Å². The van der Waals surface area contributed by atoms with Crippen LogP contribution < -0.4 is 5.32 Å². The Morgan fingerprint density at radius 1 is 1.18 bits per heavy atom. The molecule has 0 aliphatic carbocycles. The first-order chi connectivity index (χ1) is 8.14. The van der Waals surface area contributed by atoms with Crippen LogP contribution in [0.1, 0.15) is 5.56 Å². The maximum Gasteiger partial charge on any atom is 0.243 e. The Hall–Kier alpha value is -0.950. The van der Waals surface area contributed by atoms with Gasteiger partial charge in [-0.25, -0.2) is 8.42 Å². The molecule has 1 aromatic rings. The van der Waals surface area contributed by atoms with E-state index in [2.05, 4.69) is 5.32 Å². The Morgan fingerprint density at radius 3 is 2.29 bits per heavy atom. The molecule has 0 amide bonds. The fourth-order valence-electron chi connectivity index (χ4n) is 1.80. The number of hydrogen-bond acceptors (Lipinski definition) is 4. The van der Waals surface area contributed by atoms with Crippen molar-refractivity contribution in [2.24, 2.45) is 0 Å². The molecule has 0 unspecified atom stereocenters. The lowest BCUT2D eigenvalue weighted by Gasteiger charge is -2.26. The number of aliphatic hydroxyl groups is 1. The number of nitrogens with one attached hydrogen (secondary N) is 1. The zero-order chi connectivity index (χ0) is 12.3. The molecule has 0 aromatic heterocycles. The van der Waals surface area contributed by atoms with Gasteiger partial charge < -0.3 is 10.4 Å². The van der Waals surface area contributed by atoms with Gasteiger partial charge in [-0.3, -0.25) is 0 Å². The van der Waals surface area contributed by atoms with Gasteiger partial charge in [-0.1, -0.05) is 12.1 Å². The van der Waals surface area contributed by atoms with Crippen molar-refractivity contribution in [1.82, 2.24) is 9.62 Å². The van der Waals surface area contributed by atoms with E-state index in [0.717, 1.165) is 0 Å². The maximum atomic E-state index is 12.2. The molecule has 1 aromatic carbocycles. The van der Waals surface area contributed by atoms with Crippen molar-refractivity contribution in [2.75, 3.05) is 26.2 Å². The van der Waals surface area contributed by atoms with Gasteiger partial charge in [0.2, 0.25) is 10.0 Å². The van der Waals surface area contributed by atoms with Gasteiger partial charge in [-0.2, -0.15) is 4.31 Å². The lowest BCUT2D eigenvalue weighted by atomic mass is 10.2. The normalized spacial score (nSPS) is 18.2. The number of aliphatic hydroxyl groups excluding tert-OH is 1. The number of hydrogen-bond donors (Lipinski definition) is 2. The summed E-state index contributed by atoms with van der Waals surface area (Å²) < 4.78 is 25.9. The summed E-state index contributed by atoms with van der Waals surface area (Å²) in [4.78, 5) is 0.289. The highest BCUT2D eigenvalue weighted by molar-refractivity contribution is 7.89. The fraction of sp³-hybridized carbons (Fsp3) is 0.455. The van der Waals surface area contributed by atoms with Crippen LogP contribution >= 0.6 is 0 Å². The Kier molecular flexibility index (Phi) is 3.78. The van der Waals surface area contributed by atoms with Crippen LogP contribution in [0.2, 0.25) is 0 Å². The van der Waals surface area contributed by atoms with Crippen LogP contribution in [0.4, 0.5) is 0 Å². The molecule has 0 saturated carbocycles. The Bertz CT molecular complexity index is 464. The molecular weight excluding hydrogens is 240 g/mol. The molecule has 0 radical (unpaired) electrons. The molecule has 0 atom stereocenters. The molecule has 0 bridgehead atoms. The number of piperazine rings is 1. The Balaban J connectivity index is 2.23. The van der Waals surface area contributed by atoms with Gasteiger partial charge >= 0.3 is 0 Å². The van der Waals surface area contributed by atoms with Crippen molar-refractivity contribution in [3.8, 4) is 0 Å². The summed E-state index contributed by atoms with van der Waals surface area (Å²) in [6.07, 6.45) is 0. The van der Waals surface area contributed by atoms with Gasteiger partial charge in [-0.05, 0) is 17.7 Å². The van der Waals surface area contributed by atoms with Gasteiger partial charge in [-0.15, -0.1) is 0 Å². The second kappa shape index (κ2) is 5.14. The Labute approximate surface area is 101 Å². The molecule has 1 aliphatic heterocycles. The van der Waals surface area contributed by atoms with Crippen LogP contribution in [-0.2, 0) is 16.6 Å². The SMILES string of the molecule is O=S(=O)(c1ccc(CO)cc1)N1CCNCC1. The summed E-state index contributed by atoms with van der Waals surface area (Å²) >= 11 is 0. The summed E-state index contributed by atoms with van der Waals surface area (Å²) in [7, 11) is -3.38. The first-order valence-electron chi connectivity index (χ1n) is 5.55. The maximum absolute atomic E-state index is 12.2. The lowest BCUT2D eigenvalue weighted by molar-refractivity contribution is 0.281. The molecule has 2 rings (SSSR count). The molecule has 0 spiro atoms. The Morgan fingerprint density at radius 2 is 1.76 bits per heavy atom. The predicted molar refractivity (Wildman–Crippen MR) is 64.0 cm³/mol. The van der Waals surface area contributed by atoms with Gasteiger partial charge in [0, 0.05) is 26.2 Å². The topological polar surface area (TPSA) is 69.6 Å². The molecule has 1 fully saturated rings. The van der Waals surface area contributed by atoms with Crippen molar-refractivity contribution >= 4 is 10.0 Å².